The molecule has 0 unspecified atom stereocenters. The number of carbonyl (C=O) groups excluding carboxylic acids is 2. The van der Waals surface area contributed by atoms with Crippen LogP contribution in [0.15, 0.2) is 42.5 Å². The maximum atomic E-state index is 12.1. The average Bonchev–Trinajstić information content (AvgIpc) is 2.67. The molecule has 0 fully saturated rings. The van der Waals surface area contributed by atoms with E-state index in [0.29, 0.717) is 29.2 Å². The Kier molecular flexibility index (Phi) is 7.67. The molecule has 0 bridgehead atoms. The van der Waals surface area contributed by atoms with Crippen molar-refractivity contribution in [1.29, 1.82) is 0 Å². The van der Waals surface area contributed by atoms with E-state index in [-0.39, 0.29) is 30.5 Å². The maximum absolute atomic E-state index is 12.1. The molecule has 0 aliphatic carbocycles. The molecule has 0 aliphatic rings. The van der Waals surface area contributed by atoms with Gasteiger partial charge >= 0.3 is 0 Å². The van der Waals surface area contributed by atoms with Gasteiger partial charge in [0, 0.05) is 42.5 Å². The molecule has 0 aromatic heterocycles. The summed E-state index contributed by atoms with van der Waals surface area (Å²) in [6.07, 6.45) is 0.180. The number of aryl methyl sites for hydroxylation is 1. The van der Waals surface area contributed by atoms with Crippen molar-refractivity contribution in [2.75, 3.05) is 37.9 Å². The first-order valence-electron chi connectivity index (χ1n) is 8.96. The molecule has 9 nitrogen and oxygen atoms in total. The quantitative estimate of drug-likeness (QED) is 0.494. The van der Waals surface area contributed by atoms with E-state index >= 15 is 0 Å². The van der Waals surface area contributed by atoms with Gasteiger partial charge in [-0.05, 0) is 37.7 Å². The molecule has 0 saturated heterocycles. The fourth-order valence-electron chi connectivity index (χ4n) is 2.63. The monoisotopic (exact) mass is 400 g/mol. The summed E-state index contributed by atoms with van der Waals surface area (Å²) in [6, 6.07) is 11.3. The van der Waals surface area contributed by atoms with Crippen molar-refractivity contribution >= 4 is 28.9 Å². The van der Waals surface area contributed by atoms with Crippen LogP contribution in [0.3, 0.4) is 0 Å². The lowest BCUT2D eigenvalue weighted by Gasteiger charge is -2.16. The summed E-state index contributed by atoms with van der Waals surface area (Å²) in [5, 5.41) is 16.3. The van der Waals surface area contributed by atoms with E-state index in [1.807, 2.05) is 0 Å². The first-order chi connectivity index (χ1) is 13.8. The molecule has 0 heterocycles. The van der Waals surface area contributed by atoms with Crippen LogP contribution in [0.1, 0.15) is 12.0 Å². The highest BCUT2D eigenvalue weighted by Gasteiger charge is 2.12. The van der Waals surface area contributed by atoms with Gasteiger partial charge in [-0.1, -0.05) is 6.07 Å². The zero-order valence-corrected chi connectivity index (χ0v) is 16.6. The lowest BCUT2D eigenvalue weighted by atomic mass is 10.1. The Labute approximate surface area is 168 Å². The minimum Gasteiger partial charge on any atom is -0.497 e. The molecule has 2 aromatic carbocycles. The fourth-order valence-corrected chi connectivity index (χ4v) is 2.63. The van der Waals surface area contributed by atoms with Gasteiger partial charge in [-0.25, -0.2) is 0 Å². The molecule has 2 N–H and O–H groups in total. The Morgan fingerprint density at radius 2 is 1.90 bits per heavy atom. The van der Waals surface area contributed by atoms with Crippen molar-refractivity contribution in [2.45, 2.75) is 13.3 Å². The predicted octanol–water partition coefficient (Wildman–Crippen LogP) is 2.81. The van der Waals surface area contributed by atoms with Crippen molar-refractivity contribution in [3.8, 4) is 5.75 Å². The number of benzene rings is 2. The Bertz CT molecular complexity index is 900. The molecule has 0 saturated carbocycles. The van der Waals surface area contributed by atoms with Crippen molar-refractivity contribution in [3.05, 3.63) is 58.1 Å². The third-order valence-electron chi connectivity index (χ3n) is 4.18. The summed E-state index contributed by atoms with van der Waals surface area (Å²) in [7, 11) is 3.30. The predicted molar refractivity (Wildman–Crippen MR) is 110 cm³/mol. The van der Waals surface area contributed by atoms with E-state index in [2.05, 4.69) is 10.6 Å². The van der Waals surface area contributed by atoms with Gasteiger partial charge in [0.25, 0.3) is 5.69 Å². The second-order valence-electron chi connectivity index (χ2n) is 6.57. The SMILES string of the molecule is COc1cccc(NC(=O)CN(C)CCC(=O)Nc2ccc([N+](=O)[O-])cc2C)c1. The maximum Gasteiger partial charge on any atom is 0.269 e. The first kappa shape index (κ1) is 21.8. The number of non-ortho nitro benzene ring substituents is 1. The van der Waals surface area contributed by atoms with Crippen molar-refractivity contribution in [3.63, 3.8) is 0 Å². The highest BCUT2D eigenvalue weighted by atomic mass is 16.6. The number of nitrogens with one attached hydrogen (secondary N) is 2. The van der Waals surface area contributed by atoms with Gasteiger partial charge in [0.05, 0.1) is 18.6 Å². The number of ether oxygens (including phenoxy) is 1. The van der Waals surface area contributed by atoms with E-state index in [1.165, 1.54) is 18.2 Å². The van der Waals surface area contributed by atoms with E-state index in [9.17, 15) is 19.7 Å². The Morgan fingerprint density at radius 3 is 2.55 bits per heavy atom. The Hall–Kier alpha value is -3.46. The lowest BCUT2D eigenvalue weighted by molar-refractivity contribution is -0.384. The molecule has 0 aliphatic heterocycles. The van der Waals surface area contributed by atoms with Crippen LogP contribution in [0.5, 0.6) is 5.75 Å². The molecule has 154 valence electrons. The standard InChI is InChI=1S/C20H24N4O5/c1-14-11-16(24(27)28)7-8-18(14)22-19(25)9-10-23(2)13-20(26)21-15-5-4-6-17(12-15)29-3/h4-8,11-12H,9-10,13H2,1-3H3,(H,21,26)(H,22,25). The molecular weight excluding hydrogens is 376 g/mol. The zero-order chi connectivity index (χ0) is 21.4. The number of rotatable bonds is 9. The molecule has 29 heavy (non-hydrogen) atoms. The Balaban J connectivity index is 1.79. The second-order valence-corrected chi connectivity index (χ2v) is 6.57. The van der Waals surface area contributed by atoms with Crippen LogP contribution in [0, 0.1) is 17.0 Å². The van der Waals surface area contributed by atoms with Gasteiger partial charge in [-0.3, -0.25) is 24.6 Å². The van der Waals surface area contributed by atoms with E-state index in [0.717, 1.165) is 0 Å². The molecule has 0 atom stereocenters. The van der Waals surface area contributed by atoms with Crippen LogP contribution in [-0.2, 0) is 9.59 Å². The van der Waals surface area contributed by atoms with Crippen LogP contribution >= 0.6 is 0 Å². The molecule has 2 amide bonds. The van der Waals surface area contributed by atoms with Crippen molar-refractivity contribution < 1.29 is 19.2 Å². The van der Waals surface area contributed by atoms with Gasteiger partial charge in [0.2, 0.25) is 11.8 Å². The number of likely N-dealkylation sites (N-methyl/N-ethyl adjacent to an activating group) is 1. The molecule has 9 heteroatoms. The number of nitro benzene ring substituents is 1. The number of hydrogen-bond donors (Lipinski definition) is 2. The summed E-state index contributed by atoms with van der Waals surface area (Å²) in [6.45, 7) is 2.20. The molecule has 0 radical (unpaired) electrons. The van der Waals surface area contributed by atoms with Gasteiger partial charge in [-0.2, -0.15) is 0 Å². The van der Waals surface area contributed by atoms with E-state index in [1.54, 1.807) is 50.2 Å². The third-order valence-corrected chi connectivity index (χ3v) is 4.18. The van der Waals surface area contributed by atoms with E-state index < -0.39 is 4.92 Å². The van der Waals surface area contributed by atoms with Gasteiger partial charge in [0.1, 0.15) is 5.75 Å². The molecule has 2 aromatic rings. The van der Waals surface area contributed by atoms with Crippen LogP contribution in [0.2, 0.25) is 0 Å². The van der Waals surface area contributed by atoms with Crippen LogP contribution in [-0.4, -0.2) is 48.9 Å². The smallest absolute Gasteiger partial charge is 0.269 e. The number of anilines is 2. The summed E-state index contributed by atoms with van der Waals surface area (Å²) in [5.74, 6) is 0.212. The number of hydrogen-bond acceptors (Lipinski definition) is 6. The topological polar surface area (TPSA) is 114 Å². The van der Waals surface area contributed by atoms with Crippen molar-refractivity contribution in [1.82, 2.24) is 4.90 Å². The summed E-state index contributed by atoms with van der Waals surface area (Å²) in [5.41, 5.74) is 1.74. The van der Waals surface area contributed by atoms with E-state index in [4.69, 9.17) is 4.74 Å². The zero-order valence-electron chi connectivity index (χ0n) is 16.6. The van der Waals surface area contributed by atoms with Gasteiger partial charge < -0.3 is 15.4 Å². The summed E-state index contributed by atoms with van der Waals surface area (Å²) < 4.78 is 5.12. The first-order valence-corrected chi connectivity index (χ1v) is 8.96. The minimum absolute atomic E-state index is 0.0257. The van der Waals surface area contributed by atoms with Crippen LogP contribution in [0.25, 0.3) is 0 Å². The normalized spacial score (nSPS) is 10.5. The second kappa shape index (κ2) is 10.2. The van der Waals surface area contributed by atoms with Gasteiger partial charge in [0.15, 0.2) is 0 Å². The van der Waals surface area contributed by atoms with Crippen LogP contribution in [0.4, 0.5) is 17.1 Å². The average molecular weight is 400 g/mol. The summed E-state index contributed by atoms with van der Waals surface area (Å²) >= 11 is 0. The van der Waals surface area contributed by atoms with Crippen molar-refractivity contribution in [2.24, 2.45) is 0 Å². The highest BCUT2D eigenvalue weighted by molar-refractivity contribution is 5.93. The van der Waals surface area contributed by atoms with Crippen LogP contribution < -0.4 is 15.4 Å². The number of nitrogens with zero attached hydrogens (tertiary/aromatic N) is 2. The lowest BCUT2D eigenvalue weighted by Crippen LogP contribution is -2.32. The largest absolute Gasteiger partial charge is 0.497 e. The highest BCUT2D eigenvalue weighted by Crippen LogP contribution is 2.21. The summed E-state index contributed by atoms with van der Waals surface area (Å²) in [4.78, 5) is 36.3. The number of amides is 2. The fraction of sp³-hybridized carbons (Fsp3) is 0.300. The minimum atomic E-state index is -0.482. The number of carbonyl (C=O) groups is 2. The van der Waals surface area contributed by atoms with Gasteiger partial charge in [-0.15, -0.1) is 0 Å². The molecule has 0 spiro atoms. The molecular formula is C20H24N4O5. The number of methoxy groups -OCH3 is 1. The Morgan fingerprint density at radius 1 is 1.14 bits per heavy atom. The third kappa shape index (κ3) is 6.89. The molecule has 2 rings (SSSR count). The number of nitro groups is 1.